The number of phenolic OH excluding ortho intramolecular Hbond substituents is 1. The minimum Gasteiger partial charge on any atom is -0.504 e. The Balaban J connectivity index is 2.01. The first-order valence-corrected chi connectivity index (χ1v) is 7.06. The van der Waals surface area contributed by atoms with E-state index in [-0.39, 0.29) is 5.75 Å². The largest absolute Gasteiger partial charge is 0.504 e. The van der Waals surface area contributed by atoms with Crippen LogP contribution < -0.4 is 4.74 Å². The van der Waals surface area contributed by atoms with Gasteiger partial charge in [-0.1, -0.05) is 29.5 Å². The average molecular weight is 260 g/mol. The zero-order valence-corrected chi connectivity index (χ0v) is 11.2. The van der Waals surface area contributed by atoms with E-state index in [0.717, 1.165) is 24.2 Å². The Kier molecular flexibility index (Phi) is 3.08. The fraction of sp³-hybridized carbons (Fsp3) is 0.333. The highest BCUT2D eigenvalue weighted by Crippen LogP contribution is 2.44. The van der Waals surface area contributed by atoms with Crippen LogP contribution in [-0.2, 0) is 6.42 Å². The molecule has 2 nitrogen and oxygen atoms in total. The molecule has 2 aliphatic rings. The molecule has 0 radical (unpaired) electrons. The van der Waals surface area contributed by atoms with Gasteiger partial charge in [-0.25, -0.2) is 0 Å². The molecule has 0 fully saturated rings. The maximum absolute atomic E-state index is 9.88. The monoisotopic (exact) mass is 260 g/mol. The Morgan fingerprint density at radius 1 is 1.22 bits per heavy atom. The number of aromatic hydroxyl groups is 1. The zero-order chi connectivity index (χ0) is 12.5. The SMILES string of the molecule is COc1cc2c(cc1O)SC1=C(CCC=C1)CC2. The summed E-state index contributed by atoms with van der Waals surface area (Å²) < 4.78 is 5.18. The van der Waals surface area contributed by atoms with Gasteiger partial charge in [0.2, 0.25) is 0 Å². The Morgan fingerprint density at radius 2 is 2.11 bits per heavy atom. The van der Waals surface area contributed by atoms with Crippen molar-refractivity contribution in [2.75, 3.05) is 7.11 Å². The molecule has 0 atom stereocenters. The van der Waals surface area contributed by atoms with Crippen molar-refractivity contribution in [3.05, 3.63) is 40.3 Å². The average Bonchev–Trinajstić information content (AvgIpc) is 2.56. The molecule has 3 heteroatoms. The number of aryl methyl sites for hydroxylation is 1. The Hall–Kier alpha value is -1.35. The molecule has 0 amide bonds. The molecule has 0 spiro atoms. The number of ether oxygens (including phenoxy) is 1. The molecule has 1 aliphatic heterocycles. The molecule has 94 valence electrons. The molecule has 18 heavy (non-hydrogen) atoms. The van der Waals surface area contributed by atoms with Crippen molar-refractivity contribution in [1.29, 1.82) is 0 Å². The Morgan fingerprint density at radius 3 is 2.94 bits per heavy atom. The van der Waals surface area contributed by atoms with Gasteiger partial charge in [0.25, 0.3) is 0 Å². The number of phenols is 1. The van der Waals surface area contributed by atoms with Gasteiger partial charge >= 0.3 is 0 Å². The van der Waals surface area contributed by atoms with Crippen LogP contribution in [0.15, 0.2) is 39.7 Å². The molecule has 1 N–H and O–H groups in total. The van der Waals surface area contributed by atoms with E-state index in [0.29, 0.717) is 5.75 Å². The van der Waals surface area contributed by atoms with Crippen LogP contribution in [0.3, 0.4) is 0 Å². The van der Waals surface area contributed by atoms with Gasteiger partial charge < -0.3 is 9.84 Å². The molecule has 3 rings (SSSR count). The molecular weight excluding hydrogens is 244 g/mol. The maximum atomic E-state index is 9.88. The lowest BCUT2D eigenvalue weighted by Crippen LogP contribution is -1.93. The van der Waals surface area contributed by atoms with Gasteiger partial charge in [-0.2, -0.15) is 0 Å². The molecule has 0 saturated carbocycles. The van der Waals surface area contributed by atoms with Crippen molar-refractivity contribution in [3.63, 3.8) is 0 Å². The molecule has 1 heterocycles. The lowest BCUT2D eigenvalue weighted by Gasteiger charge is -2.12. The number of rotatable bonds is 1. The minimum absolute atomic E-state index is 0.229. The van der Waals surface area contributed by atoms with E-state index in [1.807, 2.05) is 12.1 Å². The first-order valence-electron chi connectivity index (χ1n) is 6.24. The first-order chi connectivity index (χ1) is 8.78. The topological polar surface area (TPSA) is 29.5 Å². The van der Waals surface area contributed by atoms with Gasteiger partial charge in [-0.05, 0) is 43.4 Å². The van der Waals surface area contributed by atoms with E-state index < -0.39 is 0 Å². The fourth-order valence-corrected chi connectivity index (χ4v) is 3.70. The summed E-state index contributed by atoms with van der Waals surface area (Å²) in [7, 11) is 1.59. The summed E-state index contributed by atoms with van der Waals surface area (Å²) in [4.78, 5) is 2.52. The number of hydrogen-bond acceptors (Lipinski definition) is 3. The van der Waals surface area contributed by atoms with Gasteiger partial charge in [0.15, 0.2) is 11.5 Å². The van der Waals surface area contributed by atoms with E-state index in [9.17, 15) is 5.11 Å². The van der Waals surface area contributed by atoms with Crippen molar-refractivity contribution < 1.29 is 9.84 Å². The van der Waals surface area contributed by atoms with Gasteiger partial charge in [0.05, 0.1) is 7.11 Å². The number of allylic oxidation sites excluding steroid dienone is 3. The van der Waals surface area contributed by atoms with Crippen LogP contribution in [0.1, 0.15) is 24.8 Å². The second-order valence-electron chi connectivity index (χ2n) is 4.64. The van der Waals surface area contributed by atoms with E-state index in [4.69, 9.17) is 4.74 Å². The smallest absolute Gasteiger partial charge is 0.160 e. The van der Waals surface area contributed by atoms with E-state index in [1.165, 1.54) is 16.9 Å². The van der Waals surface area contributed by atoms with E-state index >= 15 is 0 Å². The Labute approximate surface area is 111 Å². The molecule has 1 aromatic rings. The summed E-state index contributed by atoms with van der Waals surface area (Å²) in [5.41, 5.74) is 2.83. The third kappa shape index (κ3) is 2.03. The van der Waals surface area contributed by atoms with Crippen LogP contribution in [-0.4, -0.2) is 12.2 Å². The predicted molar refractivity (Wildman–Crippen MR) is 74.2 cm³/mol. The van der Waals surface area contributed by atoms with Gasteiger partial charge in [0, 0.05) is 9.80 Å². The van der Waals surface area contributed by atoms with Gasteiger partial charge in [0.1, 0.15) is 0 Å². The molecule has 0 saturated heterocycles. The number of methoxy groups -OCH3 is 1. The van der Waals surface area contributed by atoms with Gasteiger partial charge in [-0.3, -0.25) is 0 Å². The third-order valence-corrected chi connectivity index (χ3v) is 4.75. The quantitative estimate of drug-likeness (QED) is 0.826. The first kappa shape index (κ1) is 11.7. The van der Waals surface area contributed by atoms with Crippen LogP contribution in [0.5, 0.6) is 11.5 Å². The van der Waals surface area contributed by atoms with Crippen LogP contribution in [0.25, 0.3) is 0 Å². The Bertz CT molecular complexity index is 544. The van der Waals surface area contributed by atoms with Crippen molar-refractivity contribution in [2.24, 2.45) is 0 Å². The number of fused-ring (bicyclic) bond motifs is 1. The van der Waals surface area contributed by atoms with Crippen molar-refractivity contribution in [2.45, 2.75) is 30.6 Å². The number of thioether (sulfide) groups is 1. The third-order valence-electron chi connectivity index (χ3n) is 3.51. The predicted octanol–water partition coefficient (Wildman–Crippen LogP) is 4.04. The van der Waals surface area contributed by atoms with Crippen LogP contribution >= 0.6 is 11.8 Å². The summed E-state index contributed by atoms with van der Waals surface area (Å²) >= 11 is 1.77. The zero-order valence-electron chi connectivity index (χ0n) is 10.4. The normalized spacial score (nSPS) is 18.1. The van der Waals surface area contributed by atoms with E-state index in [2.05, 4.69) is 12.2 Å². The number of benzene rings is 1. The van der Waals surface area contributed by atoms with Crippen molar-refractivity contribution in [3.8, 4) is 11.5 Å². The molecule has 0 aromatic heterocycles. The summed E-state index contributed by atoms with van der Waals surface area (Å²) in [5.74, 6) is 0.803. The fourth-order valence-electron chi connectivity index (χ4n) is 2.49. The van der Waals surface area contributed by atoms with Crippen LogP contribution in [0.4, 0.5) is 0 Å². The molecule has 0 bridgehead atoms. The summed E-state index contributed by atoms with van der Waals surface area (Å²) in [6.07, 6.45) is 8.94. The van der Waals surface area contributed by atoms with Crippen molar-refractivity contribution >= 4 is 11.8 Å². The highest BCUT2D eigenvalue weighted by molar-refractivity contribution is 8.03. The number of hydrogen-bond donors (Lipinski definition) is 1. The summed E-state index contributed by atoms with van der Waals surface area (Å²) in [6.45, 7) is 0. The standard InChI is InChI=1S/C15H16O2S/c1-17-13-8-11-7-6-10-4-2-3-5-14(10)18-15(11)9-12(13)16/h3,5,8-9,16H,2,4,6-7H2,1H3. The summed E-state index contributed by atoms with van der Waals surface area (Å²) in [5, 5.41) is 9.88. The molecule has 0 unspecified atom stereocenters. The molecule has 1 aliphatic carbocycles. The lowest BCUT2D eigenvalue weighted by atomic mass is 9.98. The molecule has 1 aromatic carbocycles. The molecular formula is C15H16O2S. The minimum atomic E-state index is 0.229. The van der Waals surface area contributed by atoms with Crippen molar-refractivity contribution in [1.82, 2.24) is 0 Å². The maximum Gasteiger partial charge on any atom is 0.160 e. The van der Waals surface area contributed by atoms with E-state index in [1.54, 1.807) is 24.4 Å². The highest BCUT2D eigenvalue weighted by Gasteiger charge is 2.18. The lowest BCUT2D eigenvalue weighted by molar-refractivity contribution is 0.372. The summed E-state index contributed by atoms with van der Waals surface area (Å²) in [6, 6.07) is 3.80. The van der Waals surface area contributed by atoms with Crippen LogP contribution in [0.2, 0.25) is 0 Å². The van der Waals surface area contributed by atoms with Crippen LogP contribution in [0, 0.1) is 0 Å². The highest BCUT2D eigenvalue weighted by atomic mass is 32.2. The second kappa shape index (κ2) is 4.73. The van der Waals surface area contributed by atoms with Gasteiger partial charge in [-0.15, -0.1) is 0 Å². The second-order valence-corrected chi connectivity index (χ2v) is 5.73.